The molecule has 0 saturated carbocycles. The molecule has 2 rings (SSSR count). The third-order valence-electron chi connectivity index (χ3n) is 2.43. The molecule has 0 amide bonds. The fraction of sp³-hybridized carbons (Fsp3) is 0.308. The molecular weight excluding hydrogens is 429 g/mol. The van der Waals surface area contributed by atoms with E-state index in [0.717, 1.165) is 5.56 Å². The maximum Gasteiger partial charge on any atom is 0.123 e. The molecule has 0 N–H and O–H groups in total. The van der Waals surface area contributed by atoms with E-state index in [0.29, 0.717) is 12.5 Å². The van der Waals surface area contributed by atoms with Crippen molar-refractivity contribution in [3.8, 4) is 0 Å². The standard InChI is InChI=1S/C13H14FO.U/c1-10-5-6-13(7-10)15-9-11-3-2-4-12(14)8-11;/h2-8,10,13H,9H2,1H3;/q-1;. The molecule has 1 aliphatic rings. The predicted octanol–water partition coefficient (Wildman–Crippen LogP) is 3.12. The number of allylic oxidation sites excluding steroid dienone is 1. The van der Waals surface area contributed by atoms with Crippen molar-refractivity contribution in [2.75, 3.05) is 0 Å². The van der Waals surface area contributed by atoms with Crippen molar-refractivity contribution < 1.29 is 40.2 Å². The minimum Gasteiger partial charge on any atom is -0.401 e. The quantitative estimate of drug-likeness (QED) is 0.516. The molecule has 0 bridgehead atoms. The Morgan fingerprint density at radius 1 is 1.38 bits per heavy atom. The molecule has 1 aromatic rings. The normalized spacial score (nSPS) is 23.1. The van der Waals surface area contributed by atoms with Gasteiger partial charge in [-0.2, -0.15) is 0 Å². The van der Waals surface area contributed by atoms with Gasteiger partial charge >= 0.3 is 0 Å². The molecule has 84 valence electrons. The minimum atomic E-state index is -0.213. The van der Waals surface area contributed by atoms with Gasteiger partial charge < -0.3 is 4.74 Å². The first-order valence-electron chi connectivity index (χ1n) is 5.13. The molecule has 0 saturated heterocycles. The Morgan fingerprint density at radius 2 is 2.19 bits per heavy atom. The van der Waals surface area contributed by atoms with Crippen LogP contribution in [-0.4, -0.2) is 6.10 Å². The number of hydrogen-bond donors (Lipinski definition) is 0. The molecule has 1 nitrogen and oxygen atoms in total. The van der Waals surface area contributed by atoms with E-state index in [9.17, 15) is 4.39 Å². The molecule has 3 heteroatoms. The van der Waals surface area contributed by atoms with Gasteiger partial charge in [-0.05, 0) is 23.8 Å². The molecular formula is C13H14FOU-. The van der Waals surface area contributed by atoms with Crippen molar-refractivity contribution in [1.29, 1.82) is 0 Å². The molecule has 0 spiro atoms. The van der Waals surface area contributed by atoms with Crippen molar-refractivity contribution in [3.05, 3.63) is 54.2 Å². The van der Waals surface area contributed by atoms with E-state index in [1.54, 1.807) is 6.07 Å². The molecule has 0 aliphatic heterocycles. The van der Waals surface area contributed by atoms with Crippen LogP contribution in [-0.2, 0) is 11.3 Å². The SMILES string of the molecule is CC1C=CC(OCc2cccc(F)c2)[CH-]1.[U]. The monoisotopic (exact) mass is 443 g/mol. The maximum absolute atomic E-state index is 12.9. The van der Waals surface area contributed by atoms with Crippen molar-refractivity contribution >= 4 is 0 Å². The van der Waals surface area contributed by atoms with Crippen molar-refractivity contribution in [2.24, 2.45) is 5.92 Å². The van der Waals surface area contributed by atoms with Gasteiger partial charge in [0.15, 0.2) is 0 Å². The fourth-order valence-electron chi connectivity index (χ4n) is 1.64. The zero-order valence-electron chi connectivity index (χ0n) is 9.19. The largest absolute Gasteiger partial charge is 0.401 e. The molecule has 1 aromatic carbocycles. The number of benzene rings is 1. The zero-order chi connectivity index (χ0) is 10.7. The van der Waals surface area contributed by atoms with Crippen LogP contribution in [0, 0.1) is 49.3 Å². The van der Waals surface area contributed by atoms with Crippen LogP contribution >= 0.6 is 0 Å². The molecule has 16 heavy (non-hydrogen) atoms. The Bertz CT molecular complexity index is 365. The first-order valence-corrected chi connectivity index (χ1v) is 5.13. The van der Waals surface area contributed by atoms with Crippen LogP contribution in [0.4, 0.5) is 4.39 Å². The van der Waals surface area contributed by atoms with Gasteiger partial charge in [0.05, 0.1) is 6.61 Å². The zero-order valence-corrected chi connectivity index (χ0v) is 13.4. The van der Waals surface area contributed by atoms with Gasteiger partial charge in [0.2, 0.25) is 0 Å². The van der Waals surface area contributed by atoms with Gasteiger partial charge in [0.25, 0.3) is 0 Å². The van der Waals surface area contributed by atoms with Crippen LogP contribution in [0.15, 0.2) is 36.4 Å². The van der Waals surface area contributed by atoms with Crippen LogP contribution in [0.1, 0.15) is 12.5 Å². The Hall–Kier alpha value is -0.0981. The number of halogens is 1. The second-order valence-electron chi connectivity index (χ2n) is 3.84. The molecule has 2 unspecified atom stereocenters. The molecule has 0 fully saturated rings. The van der Waals surface area contributed by atoms with Gasteiger partial charge in [-0.3, -0.25) is 6.42 Å². The van der Waals surface area contributed by atoms with Crippen molar-refractivity contribution in [1.82, 2.24) is 0 Å². The summed E-state index contributed by atoms with van der Waals surface area (Å²) in [7, 11) is 0. The van der Waals surface area contributed by atoms with Gasteiger partial charge in [0.1, 0.15) is 5.82 Å². The number of ether oxygens (including phenoxy) is 1. The summed E-state index contributed by atoms with van der Waals surface area (Å²) in [5, 5.41) is 0. The summed E-state index contributed by atoms with van der Waals surface area (Å²) in [4.78, 5) is 0. The van der Waals surface area contributed by atoms with Crippen molar-refractivity contribution in [2.45, 2.75) is 19.6 Å². The first kappa shape index (κ1) is 14.0. The van der Waals surface area contributed by atoms with E-state index in [1.807, 2.05) is 12.1 Å². The Labute approximate surface area is 119 Å². The predicted molar refractivity (Wildman–Crippen MR) is 57.6 cm³/mol. The average molecular weight is 443 g/mol. The van der Waals surface area contributed by atoms with E-state index >= 15 is 0 Å². The summed E-state index contributed by atoms with van der Waals surface area (Å²) in [5.41, 5.74) is 0.872. The van der Waals surface area contributed by atoms with E-state index < -0.39 is 0 Å². The van der Waals surface area contributed by atoms with Gasteiger partial charge in [-0.25, -0.2) is 4.39 Å². The van der Waals surface area contributed by atoms with Crippen LogP contribution in [0.2, 0.25) is 0 Å². The van der Waals surface area contributed by atoms with Crippen LogP contribution in [0.5, 0.6) is 0 Å². The Kier molecular flexibility index (Phi) is 5.75. The molecule has 0 aromatic heterocycles. The average Bonchev–Trinajstić information content (AvgIpc) is 2.62. The minimum absolute atomic E-state index is 0. The molecule has 1 aliphatic carbocycles. The summed E-state index contributed by atoms with van der Waals surface area (Å²) >= 11 is 0. The first-order chi connectivity index (χ1) is 7.24. The summed E-state index contributed by atoms with van der Waals surface area (Å²) in [6, 6.07) is 6.51. The summed E-state index contributed by atoms with van der Waals surface area (Å²) < 4.78 is 18.5. The smallest absolute Gasteiger partial charge is 0.123 e. The third-order valence-corrected chi connectivity index (χ3v) is 2.43. The van der Waals surface area contributed by atoms with Crippen molar-refractivity contribution in [3.63, 3.8) is 0 Å². The summed E-state index contributed by atoms with van der Waals surface area (Å²) in [6.07, 6.45) is 6.34. The molecule has 0 radical (unpaired) electrons. The van der Waals surface area contributed by atoms with Crippen LogP contribution in [0.3, 0.4) is 0 Å². The molecule has 2 atom stereocenters. The second-order valence-corrected chi connectivity index (χ2v) is 3.84. The maximum atomic E-state index is 12.9. The van der Waals surface area contributed by atoms with E-state index in [4.69, 9.17) is 4.74 Å². The third kappa shape index (κ3) is 4.05. The number of rotatable bonds is 3. The Balaban J connectivity index is 0.00000128. The van der Waals surface area contributed by atoms with Crippen LogP contribution < -0.4 is 0 Å². The summed E-state index contributed by atoms with van der Waals surface area (Å²) in [5.74, 6) is 0.262. The van der Waals surface area contributed by atoms with Gasteiger partial charge in [-0.15, -0.1) is 12.0 Å². The van der Waals surface area contributed by atoms with E-state index in [2.05, 4.69) is 19.4 Å². The van der Waals surface area contributed by atoms with E-state index in [1.165, 1.54) is 12.1 Å². The van der Waals surface area contributed by atoms with Gasteiger partial charge in [0, 0.05) is 31.1 Å². The Morgan fingerprint density at radius 3 is 2.81 bits per heavy atom. The summed E-state index contributed by atoms with van der Waals surface area (Å²) in [6.45, 7) is 2.57. The molecule has 0 heterocycles. The van der Waals surface area contributed by atoms with Gasteiger partial charge in [-0.1, -0.05) is 25.1 Å². The van der Waals surface area contributed by atoms with E-state index in [-0.39, 0.29) is 43.0 Å². The van der Waals surface area contributed by atoms with Crippen LogP contribution in [0.25, 0.3) is 0 Å². The second kappa shape index (κ2) is 6.59. The fourth-order valence-corrected chi connectivity index (χ4v) is 1.64. The number of hydrogen-bond acceptors (Lipinski definition) is 1. The topological polar surface area (TPSA) is 9.23 Å².